The summed E-state index contributed by atoms with van der Waals surface area (Å²) >= 11 is 0. The summed E-state index contributed by atoms with van der Waals surface area (Å²) in [6.07, 6.45) is 45.8. The van der Waals surface area contributed by atoms with E-state index in [1.54, 1.807) is 0 Å². The molecule has 0 rings (SSSR count). The summed E-state index contributed by atoms with van der Waals surface area (Å²) in [6, 6.07) is 0. The normalized spacial score (nSPS) is 14.1. The fourth-order valence-corrected chi connectivity index (χ4v) is 8.18. The van der Waals surface area contributed by atoms with E-state index in [1.807, 2.05) is 0 Å². The molecule has 0 saturated carbocycles. The molecule has 0 bridgehead atoms. The zero-order valence-electron chi connectivity index (χ0n) is 36.0. The maximum atomic E-state index is 12.6. The first-order chi connectivity index (χ1) is 24.8. The van der Waals surface area contributed by atoms with Crippen LogP contribution >= 0.6 is 0 Å². The number of carbonyl (C=O) groups is 2. The van der Waals surface area contributed by atoms with E-state index < -0.39 is 0 Å². The molecule has 0 aromatic rings. The van der Waals surface area contributed by atoms with Crippen LogP contribution in [0.2, 0.25) is 0 Å². The Morgan fingerprint density at radius 3 is 0.804 bits per heavy atom. The Hall–Kier alpha value is -0.700. The fourth-order valence-electron chi connectivity index (χ4n) is 8.18. The van der Waals surface area contributed by atoms with Crippen LogP contribution in [0.5, 0.6) is 0 Å². The van der Waals surface area contributed by atoms with Crippen LogP contribution in [0.15, 0.2) is 0 Å². The Labute approximate surface area is 321 Å². The average Bonchev–Trinajstić information content (AvgIpc) is 3.07. The van der Waals surface area contributed by atoms with Crippen LogP contribution in [-0.2, 0) is 14.3 Å². The number of ketones is 2. The molecule has 0 aliphatic carbocycles. The van der Waals surface area contributed by atoms with E-state index in [1.165, 1.54) is 180 Å². The highest BCUT2D eigenvalue weighted by molar-refractivity contribution is 5.78. The van der Waals surface area contributed by atoms with E-state index in [-0.39, 0.29) is 12.2 Å². The van der Waals surface area contributed by atoms with Gasteiger partial charge in [-0.1, -0.05) is 207 Å². The van der Waals surface area contributed by atoms with Gasteiger partial charge in [0.15, 0.2) is 0 Å². The zero-order valence-corrected chi connectivity index (χ0v) is 36.0. The Bertz CT molecular complexity index is 672. The highest BCUT2D eigenvalue weighted by Crippen LogP contribution is 2.21. The monoisotopic (exact) mass is 719 g/mol. The molecule has 0 spiro atoms. The van der Waals surface area contributed by atoms with E-state index >= 15 is 0 Å². The molecule has 3 nitrogen and oxygen atoms in total. The lowest BCUT2D eigenvalue weighted by molar-refractivity contribution is -0.120. The third-order valence-corrected chi connectivity index (χ3v) is 11.2. The molecule has 0 aromatic heterocycles. The Balaban J connectivity index is 3.67. The molecular weight excluding hydrogens is 625 g/mol. The van der Waals surface area contributed by atoms with E-state index in [4.69, 9.17) is 4.74 Å². The van der Waals surface area contributed by atoms with Crippen molar-refractivity contribution >= 4 is 11.6 Å². The summed E-state index contributed by atoms with van der Waals surface area (Å²) in [5.41, 5.74) is 0. The summed E-state index contributed by atoms with van der Waals surface area (Å²) in [6.45, 7) is 13.3. The van der Waals surface area contributed by atoms with Crippen molar-refractivity contribution in [1.29, 1.82) is 0 Å². The van der Waals surface area contributed by atoms with Crippen molar-refractivity contribution in [3.63, 3.8) is 0 Å². The van der Waals surface area contributed by atoms with Crippen LogP contribution in [-0.4, -0.2) is 23.8 Å². The molecule has 4 unspecified atom stereocenters. The Morgan fingerprint density at radius 2 is 0.569 bits per heavy atom. The van der Waals surface area contributed by atoms with Crippen LogP contribution in [0.25, 0.3) is 0 Å². The van der Waals surface area contributed by atoms with Gasteiger partial charge >= 0.3 is 0 Å². The molecule has 0 amide bonds. The van der Waals surface area contributed by atoms with Gasteiger partial charge in [-0.05, 0) is 51.4 Å². The van der Waals surface area contributed by atoms with Gasteiger partial charge < -0.3 is 4.74 Å². The van der Waals surface area contributed by atoms with E-state index in [9.17, 15) is 9.59 Å². The smallest absolute Gasteiger partial charge is 0.133 e. The SMILES string of the molecule is CCCCCCCCCCCCCCCCCC(=O)CC(C)CC(C)OC(C)CC(C)CC(=O)CCCCCCCCCCCCCCCCC. The lowest BCUT2D eigenvalue weighted by Gasteiger charge is -2.24. The van der Waals surface area contributed by atoms with Crippen molar-refractivity contribution in [1.82, 2.24) is 0 Å². The minimum atomic E-state index is 0.150. The number of hydrogen-bond donors (Lipinski definition) is 0. The third kappa shape index (κ3) is 38.8. The molecule has 3 heteroatoms. The number of carbonyl (C=O) groups excluding carboxylic acids is 2. The second-order valence-electron chi connectivity index (χ2n) is 17.3. The predicted molar refractivity (Wildman–Crippen MR) is 226 cm³/mol. The number of hydrogen-bond acceptors (Lipinski definition) is 3. The molecule has 0 fully saturated rings. The highest BCUT2D eigenvalue weighted by atomic mass is 16.5. The summed E-state index contributed by atoms with van der Waals surface area (Å²) in [4.78, 5) is 25.2. The van der Waals surface area contributed by atoms with Gasteiger partial charge in [-0.15, -0.1) is 0 Å². The van der Waals surface area contributed by atoms with Gasteiger partial charge in [-0.25, -0.2) is 0 Å². The topological polar surface area (TPSA) is 43.4 Å². The number of Topliss-reactive ketones (excluding diaryl/α,β-unsaturated/α-hetero) is 2. The van der Waals surface area contributed by atoms with Crippen LogP contribution in [0, 0.1) is 11.8 Å². The first-order valence-electron chi connectivity index (χ1n) is 23.5. The molecule has 4 atom stereocenters. The quantitative estimate of drug-likeness (QED) is 0.0590. The summed E-state index contributed by atoms with van der Waals surface area (Å²) < 4.78 is 6.31. The van der Waals surface area contributed by atoms with Crippen molar-refractivity contribution in [3.05, 3.63) is 0 Å². The molecule has 0 aliphatic heterocycles. The number of rotatable bonds is 42. The third-order valence-electron chi connectivity index (χ3n) is 11.2. The van der Waals surface area contributed by atoms with Crippen LogP contribution < -0.4 is 0 Å². The summed E-state index contributed by atoms with van der Waals surface area (Å²) in [7, 11) is 0. The molecule has 304 valence electrons. The maximum absolute atomic E-state index is 12.6. The van der Waals surface area contributed by atoms with Gasteiger partial charge in [-0.3, -0.25) is 9.59 Å². The van der Waals surface area contributed by atoms with Crippen molar-refractivity contribution in [3.8, 4) is 0 Å². The van der Waals surface area contributed by atoms with Crippen molar-refractivity contribution in [2.45, 2.75) is 285 Å². The summed E-state index contributed by atoms with van der Waals surface area (Å²) in [5, 5.41) is 0. The second-order valence-corrected chi connectivity index (χ2v) is 17.3. The molecule has 0 N–H and O–H groups in total. The van der Waals surface area contributed by atoms with Crippen LogP contribution in [0.1, 0.15) is 273 Å². The Morgan fingerprint density at radius 1 is 0.353 bits per heavy atom. The Kier molecular flexibility index (Phi) is 38.5. The highest BCUT2D eigenvalue weighted by Gasteiger charge is 2.18. The van der Waals surface area contributed by atoms with Crippen LogP contribution in [0.3, 0.4) is 0 Å². The average molecular weight is 719 g/mol. The molecule has 0 heterocycles. The van der Waals surface area contributed by atoms with Gasteiger partial charge in [0.05, 0.1) is 12.2 Å². The fraction of sp³-hybridized carbons (Fsp3) is 0.958. The predicted octanol–water partition coefficient (Wildman–Crippen LogP) is 16.3. The van der Waals surface area contributed by atoms with Crippen LogP contribution in [0.4, 0.5) is 0 Å². The second kappa shape index (κ2) is 39.0. The zero-order chi connectivity index (χ0) is 37.6. The maximum Gasteiger partial charge on any atom is 0.133 e. The summed E-state index contributed by atoms with van der Waals surface area (Å²) in [5.74, 6) is 1.59. The van der Waals surface area contributed by atoms with Gasteiger partial charge in [0.25, 0.3) is 0 Å². The molecular formula is C48H94O3. The lowest BCUT2D eigenvalue weighted by atomic mass is 9.94. The van der Waals surface area contributed by atoms with Gasteiger partial charge in [-0.2, -0.15) is 0 Å². The first-order valence-corrected chi connectivity index (χ1v) is 23.5. The van der Waals surface area contributed by atoms with E-state index in [0.29, 0.717) is 36.2 Å². The van der Waals surface area contributed by atoms with Gasteiger partial charge in [0.1, 0.15) is 11.6 Å². The van der Waals surface area contributed by atoms with E-state index in [2.05, 4.69) is 41.5 Å². The minimum absolute atomic E-state index is 0.150. The standard InChI is InChI=1S/C48H94O3/c1-7-9-11-13-15-17-19-21-23-25-27-29-31-33-35-37-47(49)41-43(3)39-45(5)51-46(6)40-44(4)42-48(50)38-36-34-32-30-28-26-24-22-20-18-16-14-12-10-8-2/h43-46H,7-42H2,1-6H3. The molecule has 0 saturated heterocycles. The molecule has 0 aromatic carbocycles. The van der Waals surface area contributed by atoms with Crippen molar-refractivity contribution in [2.24, 2.45) is 11.8 Å². The van der Waals surface area contributed by atoms with E-state index in [0.717, 1.165) is 38.5 Å². The lowest BCUT2D eigenvalue weighted by Crippen LogP contribution is -2.22. The molecule has 0 aliphatic rings. The number of unbranched alkanes of at least 4 members (excludes halogenated alkanes) is 28. The number of ether oxygens (including phenoxy) is 1. The van der Waals surface area contributed by atoms with Gasteiger partial charge in [0.2, 0.25) is 0 Å². The van der Waals surface area contributed by atoms with Crippen molar-refractivity contribution in [2.75, 3.05) is 0 Å². The molecule has 0 radical (unpaired) electrons. The minimum Gasteiger partial charge on any atom is -0.376 e. The molecule has 51 heavy (non-hydrogen) atoms. The van der Waals surface area contributed by atoms with Crippen molar-refractivity contribution < 1.29 is 14.3 Å². The first kappa shape index (κ1) is 50.3. The van der Waals surface area contributed by atoms with Gasteiger partial charge in [0, 0.05) is 25.7 Å². The largest absolute Gasteiger partial charge is 0.376 e.